The van der Waals surface area contributed by atoms with Crippen LogP contribution in [-0.2, 0) is 4.79 Å². The quantitative estimate of drug-likeness (QED) is 0.852. The number of carbonyl (C=O) groups excluding carboxylic acids is 1. The first-order valence-electron chi connectivity index (χ1n) is 8.85. The van der Waals surface area contributed by atoms with E-state index in [2.05, 4.69) is 41.0 Å². The van der Waals surface area contributed by atoms with E-state index in [0.29, 0.717) is 5.91 Å². The number of piperidine rings is 2. The van der Waals surface area contributed by atoms with Crippen molar-refractivity contribution in [3.8, 4) is 0 Å². The Labute approximate surface area is 134 Å². The molecule has 120 valence electrons. The minimum Gasteiger partial charge on any atom is -0.341 e. The maximum atomic E-state index is 13.2. The van der Waals surface area contributed by atoms with Crippen LogP contribution in [-0.4, -0.2) is 41.9 Å². The second kappa shape index (κ2) is 7.28. The summed E-state index contributed by atoms with van der Waals surface area (Å²) in [5, 5.41) is 0. The summed E-state index contributed by atoms with van der Waals surface area (Å²) in [6, 6.07) is 8.50. The summed E-state index contributed by atoms with van der Waals surface area (Å²) >= 11 is 0. The van der Waals surface area contributed by atoms with Gasteiger partial charge in [0.1, 0.15) is 6.04 Å². The Morgan fingerprint density at radius 1 is 0.864 bits per heavy atom. The van der Waals surface area contributed by atoms with Gasteiger partial charge in [-0.2, -0.15) is 0 Å². The third-order valence-corrected chi connectivity index (χ3v) is 5.05. The molecule has 1 aromatic rings. The van der Waals surface area contributed by atoms with Crippen molar-refractivity contribution in [2.75, 3.05) is 26.2 Å². The molecule has 0 bridgehead atoms. The fourth-order valence-electron chi connectivity index (χ4n) is 3.72. The molecule has 0 aromatic heterocycles. The number of hydrogen-bond donors (Lipinski definition) is 0. The normalized spacial score (nSPS) is 21.6. The lowest BCUT2D eigenvalue weighted by atomic mass is 9.98. The molecule has 2 aliphatic heterocycles. The first-order chi connectivity index (χ1) is 10.8. The van der Waals surface area contributed by atoms with Gasteiger partial charge in [0.15, 0.2) is 0 Å². The molecule has 1 atom stereocenters. The van der Waals surface area contributed by atoms with E-state index in [1.54, 1.807) is 0 Å². The molecule has 2 aliphatic rings. The van der Waals surface area contributed by atoms with E-state index < -0.39 is 0 Å². The number of rotatable bonds is 3. The molecule has 0 N–H and O–H groups in total. The van der Waals surface area contributed by atoms with Crippen LogP contribution in [0.25, 0.3) is 0 Å². The number of likely N-dealkylation sites (tertiary alicyclic amines) is 2. The molecular formula is C19H28N2O. The molecule has 1 aromatic carbocycles. The summed E-state index contributed by atoms with van der Waals surface area (Å²) in [7, 11) is 0. The summed E-state index contributed by atoms with van der Waals surface area (Å²) in [5.74, 6) is 0.324. The molecule has 0 spiro atoms. The van der Waals surface area contributed by atoms with Crippen LogP contribution < -0.4 is 0 Å². The smallest absolute Gasteiger partial charge is 0.244 e. The van der Waals surface area contributed by atoms with Crippen molar-refractivity contribution in [2.24, 2.45) is 0 Å². The van der Waals surface area contributed by atoms with Crippen LogP contribution in [0.1, 0.15) is 55.7 Å². The van der Waals surface area contributed by atoms with Crippen molar-refractivity contribution in [3.63, 3.8) is 0 Å². The number of nitrogens with zero attached hydrogens (tertiary/aromatic N) is 2. The minimum absolute atomic E-state index is 0.0704. The molecule has 0 saturated carbocycles. The lowest BCUT2D eigenvalue weighted by Crippen LogP contribution is -2.46. The average molecular weight is 300 g/mol. The molecule has 3 nitrogen and oxygen atoms in total. The van der Waals surface area contributed by atoms with E-state index in [-0.39, 0.29) is 6.04 Å². The highest BCUT2D eigenvalue weighted by molar-refractivity contribution is 5.83. The van der Waals surface area contributed by atoms with E-state index in [0.717, 1.165) is 39.0 Å². The highest BCUT2D eigenvalue weighted by Crippen LogP contribution is 2.28. The van der Waals surface area contributed by atoms with Crippen LogP contribution >= 0.6 is 0 Å². The average Bonchev–Trinajstić information content (AvgIpc) is 2.58. The number of amides is 1. The van der Waals surface area contributed by atoms with Crippen molar-refractivity contribution in [1.82, 2.24) is 9.80 Å². The van der Waals surface area contributed by atoms with Gasteiger partial charge < -0.3 is 4.90 Å². The van der Waals surface area contributed by atoms with Gasteiger partial charge in [-0.1, -0.05) is 36.2 Å². The largest absolute Gasteiger partial charge is 0.341 e. The maximum Gasteiger partial charge on any atom is 0.244 e. The summed E-state index contributed by atoms with van der Waals surface area (Å²) < 4.78 is 0. The fraction of sp³-hybridized carbons (Fsp3) is 0.632. The fourth-order valence-corrected chi connectivity index (χ4v) is 3.72. The Kier molecular flexibility index (Phi) is 5.14. The van der Waals surface area contributed by atoms with Gasteiger partial charge in [0, 0.05) is 13.1 Å². The summed E-state index contributed by atoms with van der Waals surface area (Å²) in [4.78, 5) is 17.7. The molecule has 1 amide bonds. The molecule has 2 heterocycles. The lowest BCUT2D eigenvalue weighted by Gasteiger charge is -2.38. The summed E-state index contributed by atoms with van der Waals surface area (Å²) in [6.45, 7) is 6.09. The van der Waals surface area contributed by atoms with Crippen molar-refractivity contribution < 1.29 is 4.79 Å². The zero-order valence-corrected chi connectivity index (χ0v) is 13.8. The topological polar surface area (TPSA) is 23.6 Å². The van der Waals surface area contributed by atoms with E-state index in [1.807, 2.05) is 0 Å². The molecule has 3 rings (SSSR count). The Hall–Kier alpha value is -1.35. The van der Waals surface area contributed by atoms with Crippen molar-refractivity contribution in [2.45, 2.75) is 51.5 Å². The predicted molar refractivity (Wildman–Crippen MR) is 89.8 cm³/mol. The van der Waals surface area contributed by atoms with Gasteiger partial charge in [0.05, 0.1) is 0 Å². The van der Waals surface area contributed by atoms with Crippen LogP contribution in [0.3, 0.4) is 0 Å². The highest BCUT2D eigenvalue weighted by atomic mass is 16.2. The summed E-state index contributed by atoms with van der Waals surface area (Å²) in [5.41, 5.74) is 2.43. The van der Waals surface area contributed by atoms with Crippen LogP contribution in [0.15, 0.2) is 24.3 Å². The van der Waals surface area contributed by atoms with Gasteiger partial charge in [0.25, 0.3) is 0 Å². The predicted octanol–water partition coefficient (Wildman–Crippen LogP) is 3.53. The number of benzene rings is 1. The Morgan fingerprint density at radius 3 is 2.00 bits per heavy atom. The summed E-state index contributed by atoms with van der Waals surface area (Å²) in [6.07, 6.45) is 7.32. The maximum absolute atomic E-state index is 13.2. The third-order valence-electron chi connectivity index (χ3n) is 5.05. The molecule has 22 heavy (non-hydrogen) atoms. The van der Waals surface area contributed by atoms with Crippen LogP contribution in [0.5, 0.6) is 0 Å². The van der Waals surface area contributed by atoms with Gasteiger partial charge in [-0.05, 0) is 57.7 Å². The monoisotopic (exact) mass is 300 g/mol. The first-order valence-corrected chi connectivity index (χ1v) is 8.85. The van der Waals surface area contributed by atoms with Gasteiger partial charge in [-0.15, -0.1) is 0 Å². The number of hydrogen-bond acceptors (Lipinski definition) is 2. The zero-order chi connectivity index (χ0) is 15.4. The number of carbonyl (C=O) groups is 1. The highest BCUT2D eigenvalue weighted by Gasteiger charge is 2.32. The van der Waals surface area contributed by atoms with Crippen molar-refractivity contribution in [3.05, 3.63) is 35.4 Å². The van der Waals surface area contributed by atoms with E-state index in [1.165, 1.54) is 36.8 Å². The van der Waals surface area contributed by atoms with E-state index >= 15 is 0 Å². The minimum atomic E-state index is -0.0704. The van der Waals surface area contributed by atoms with Gasteiger partial charge >= 0.3 is 0 Å². The molecule has 2 saturated heterocycles. The Balaban J connectivity index is 1.84. The molecule has 1 unspecified atom stereocenters. The van der Waals surface area contributed by atoms with E-state index in [9.17, 15) is 4.79 Å². The van der Waals surface area contributed by atoms with Crippen molar-refractivity contribution >= 4 is 5.91 Å². The van der Waals surface area contributed by atoms with Crippen LogP contribution in [0.4, 0.5) is 0 Å². The van der Waals surface area contributed by atoms with Gasteiger partial charge in [0.2, 0.25) is 5.91 Å². The van der Waals surface area contributed by atoms with Crippen molar-refractivity contribution in [1.29, 1.82) is 0 Å². The second-order valence-electron chi connectivity index (χ2n) is 6.80. The first kappa shape index (κ1) is 15.5. The number of aryl methyl sites for hydroxylation is 1. The molecule has 0 radical (unpaired) electrons. The van der Waals surface area contributed by atoms with Gasteiger partial charge in [-0.3, -0.25) is 9.69 Å². The zero-order valence-electron chi connectivity index (χ0n) is 13.8. The van der Waals surface area contributed by atoms with E-state index in [4.69, 9.17) is 0 Å². The van der Waals surface area contributed by atoms with Crippen LogP contribution in [0.2, 0.25) is 0 Å². The Morgan fingerprint density at radius 2 is 1.41 bits per heavy atom. The third kappa shape index (κ3) is 3.52. The molecule has 2 fully saturated rings. The van der Waals surface area contributed by atoms with Gasteiger partial charge in [-0.25, -0.2) is 0 Å². The Bertz CT molecular complexity index is 485. The SMILES string of the molecule is Cc1ccc(C(C(=O)N2CCCCC2)N2CCCCC2)cc1. The lowest BCUT2D eigenvalue weighted by molar-refractivity contribution is -0.138. The second-order valence-corrected chi connectivity index (χ2v) is 6.80. The van der Waals surface area contributed by atoms with Crippen LogP contribution in [0, 0.1) is 6.92 Å². The molecule has 0 aliphatic carbocycles. The molecule has 3 heteroatoms. The molecular weight excluding hydrogens is 272 g/mol. The standard InChI is InChI=1S/C19H28N2O/c1-16-8-10-17(11-9-16)18(20-12-4-2-5-13-20)19(22)21-14-6-3-7-15-21/h8-11,18H,2-7,12-15H2,1H3.